The average Bonchev–Trinajstić information content (AvgIpc) is 2.88. The highest BCUT2D eigenvalue weighted by Gasteiger charge is 2.41. The third kappa shape index (κ3) is 8.73. The molecule has 0 aromatic heterocycles. The molecule has 32 heavy (non-hydrogen) atoms. The smallest absolute Gasteiger partial charge is 0.328 e. The molecule has 0 aliphatic rings. The fourth-order valence-corrected chi connectivity index (χ4v) is 2.69. The fraction of sp³-hybridized carbons (Fsp3) is 0.320. The molecule has 0 radical (unpaired) electrons. The molecule has 2 atom stereocenters. The second-order valence-electron chi connectivity index (χ2n) is 6.52. The van der Waals surface area contributed by atoms with Crippen LogP contribution in [-0.4, -0.2) is 41.7 Å². The molecule has 2 unspecified atom stereocenters. The quantitative estimate of drug-likeness (QED) is 0.376. The van der Waals surface area contributed by atoms with Crippen LogP contribution in [0.1, 0.15) is 41.0 Å². The minimum Gasteiger partial charge on any atom is -0.478 e. The van der Waals surface area contributed by atoms with Crippen molar-refractivity contribution in [2.75, 3.05) is 13.6 Å². The molecule has 172 valence electrons. The monoisotopic (exact) mass is 448 g/mol. The van der Waals surface area contributed by atoms with Crippen molar-refractivity contribution in [1.29, 1.82) is 0 Å². The van der Waals surface area contributed by atoms with E-state index in [0.717, 1.165) is 0 Å². The van der Waals surface area contributed by atoms with E-state index in [9.17, 15) is 14.4 Å². The zero-order valence-corrected chi connectivity index (χ0v) is 18.1. The van der Waals surface area contributed by atoms with Gasteiger partial charge in [0.2, 0.25) is 0 Å². The number of ether oxygens (including phenoxy) is 1. The van der Waals surface area contributed by atoms with Gasteiger partial charge in [0.05, 0.1) is 6.85 Å². The number of carboxylic acid groups (broad SMARTS) is 2. The van der Waals surface area contributed by atoms with E-state index in [0.29, 0.717) is 17.7 Å². The van der Waals surface area contributed by atoms with Crippen molar-refractivity contribution in [2.24, 2.45) is 5.92 Å². The third-order valence-corrected chi connectivity index (χ3v) is 4.15. The topological polar surface area (TPSA) is 113 Å². The van der Waals surface area contributed by atoms with Gasteiger partial charge in [-0.15, -0.1) is 0 Å². The molecule has 7 nitrogen and oxygen atoms in total. The molecule has 2 aromatic carbocycles. The summed E-state index contributed by atoms with van der Waals surface area (Å²) in [4.78, 5) is 31.6. The molecule has 0 aliphatic heterocycles. The summed E-state index contributed by atoms with van der Waals surface area (Å²) >= 11 is 0. The summed E-state index contributed by atoms with van der Waals surface area (Å²) in [5, 5.41) is 18.6. The van der Waals surface area contributed by atoms with Gasteiger partial charge in [-0.25, -0.2) is 9.59 Å². The van der Waals surface area contributed by atoms with Crippen molar-refractivity contribution in [1.82, 2.24) is 5.32 Å². The first-order chi connectivity index (χ1) is 18.1. The maximum absolute atomic E-state index is 12.5. The lowest BCUT2D eigenvalue weighted by atomic mass is 9.77. The number of carboxylic acids is 2. The van der Waals surface area contributed by atoms with E-state index in [1.807, 2.05) is 0 Å². The number of aliphatic carboxylic acids is 2. The Morgan fingerprint density at radius 3 is 2.16 bits per heavy atom. The molecule has 3 N–H and O–H groups in total. The van der Waals surface area contributed by atoms with Gasteiger partial charge in [-0.05, 0) is 18.2 Å². The van der Waals surface area contributed by atoms with Crippen molar-refractivity contribution in [3.8, 4) is 0 Å². The van der Waals surface area contributed by atoms with Gasteiger partial charge >= 0.3 is 17.9 Å². The number of esters is 1. The lowest BCUT2D eigenvalue weighted by molar-refractivity contribution is -0.167. The van der Waals surface area contributed by atoms with Crippen LogP contribution >= 0.6 is 0 Å². The molecule has 2 aromatic rings. The highest BCUT2D eigenvalue weighted by Crippen LogP contribution is 2.37. The second-order valence-corrected chi connectivity index (χ2v) is 6.52. The molecule has 0 bridgehead atoms. The molecule has 0 aliphatic carbocycles. The molecule has 0 spiro atoms. The SMILES string of the molecule is O=C(O)/C=C\C(=O)O.[2H]c1c([2H])c([2H])c(C([2H])([2H])C(OC(=O)CC)(c2ccccc2)C(C)CNC)c([2H])c1[2H]. The molecular formula is C25H31NO6. The lowest BCUT2D eigenvalue weighted by Gasteiger charge is -2.39. The Balaban J connectivity index is 0.000000824. The molecule has 0 saturated carbocycles. The number of carbonyl (C=O) groups excluding carboxylic acids is 1. The summed E-state index contributed by atoms with van der Waals surface area (Å²) in [5.41, 5.74) is -2.18. The van der Waals surface area contributed by atoms with Crippen molar-refractivity contribution in [3.05, 3.63) is 83.8 Å². The van der Waals surface area contributed by atoms with E-state index in [-0.39, 0.29) is 13.0 Å². The molecule has 0 amide bonds. The van der Waals surface area contributed by atoms with Crippen LogP contribution in [-0.2, 0) is 31.1 Å². The number of hydrogen-bond donors (Lipinski definition) is 3. The predicted molar refractivity (Wildman–Crippen MR) is 122 cm³/mol. The van der Waals surface area contributed by atoms with Crippen molar-refractivity contribution >= 4 is 17.9 Å². The largest absolute Gasteiger partial charge is 0.478 e. The van der Waals surface area contributed by atoms with Crippen LogP contribution in [0, 0.1) is 5.92 Å². The minimum atomic E-state index is -2.66. The van der Waals surface area contributed by atoms with Crippen LogP contribution in [0.5, 0.6) is 0 Å². The van der Waals surface area contributed by atoms with Gasteiger partial charge < -0.3 is 20.3 Å². The van der Waals surface area contributed by atoms with E-state index in [1.165, 1.54) is 0 Å². The summed E-state index contributed by atoms with van der Waals surface area (Å²) in [7, 11) is 1.67. The normalized spacial score (nSPS) is 16.9. The van der Waals surface area contributed by atoms with Gasteiger partial charge in [-0.2, -0.15) is 0 Å². The van der Waals surface area contributed by atoms with Gasteiger partial charge in [0, 0.05) is 40.1 Å². The number of benzene rings is 2. The summed E-state index contributed by atoms with van der Waals surface area (Å²) in [6.45, 7) is 3.52. The zero-order chi connectivity index (χ0) is 30.1. The first kappa shape index (κ1) is 17.1. The Bertz CT molecular complexity index is 1180. The van der Waals surface area contributed by atoms with E-state index < -0.39 is 71.6 Å². The van der Waals surface area contributed by atoms with E-state index >= 15 is 0 Å². The highest BCUT2D eigenvalue weighted by atomic mass is 16.6. The van der Waals surface area contributed by atoms with Gasteiger partial charge in [-0.1, -0.05) is 74.4 Å². The Morgan fingerprint density at radius 1 is 1.12 bits per heavy atom. The number of carbonyl (C=O) groups is 3. The number of hydrogen-bond acceptors (Lipinski definition) is 5. The Morgan fingerprint density at radius 2 is 1.69 bits per heavy atom. The van der Waals surface area contributed by atoms with Crippen LogP contribution in [0.15, 0.2) is 72.7 Å². The Hall–Kier alpha value is -3.45. The van der Waals surface area contributed by atoms with Gasteiger partial charge in [-0.3, -0.25) is 4.79 Å². The van der Waals surface area contributed by atoms with Crippen LogP contribution < -0.4 is 5.32 Å². The first-order valence-corrected chi connectivity index (χ1v) is 9.73. The van der Waals surface area contributed by atoms with Gasteiger partial charge in [0.15, 0.2) is 0 Å². The van der Waals surface area contributed by atoms with Gasteiger partial charge in [0.25, 0.3) is 0 Å². The minimum absolute atomic E-state index is 0.0164. The second kappa shape index (κ2) is 13.8. The maximum atomic E-state index is 12.5. The maximum Gasteiger partial charge on any atom is 0.328 e. The molecule has 2 rings (SSSR count). The molecular weight excluding hydrogens is 410 g/mol. The fourth-order valence-electron chi connectivity index (χ4n) is 2.69. The summed E-state index contributed by atoms with van der Waals surface area (Å²) in [6, 6.07) is 5.06. The molecule has 7 heteroatoms. The van der Waals surface area contributed by atoms with Crippen LogP contribution in [0.2, 0.25) is 0 Å². The molecule has 0 fully saturated rings. The third-order valence-electron chi connectivity index (χ3n) is 4.15. The predicted octanol–water partition coefficient (Wildman–Crippen LogP) is 3.65. The number of nitrogens with one attached hydrogen (secondary N) is 1. The summed E-state index contributed by atoms with van der Waals surface area (Å²) in [6.07, 6.45) is -1.56. The summed E-state index contributed by atoms with van der Waals surface area (Å²) in [5.74, 6) is -3.84. The number of rotatable bonds is 10. The average molecular weight is 449 g/mol. The Kier molecular flexibility index (Phi) is 7.38. The first-order valence-electron chi connectivity index (χ1n) is 13.2. The van der Waals surface area contributed by atoms with E-state index in [1.54, 1.807) is 51.2 Å². The zero-order valence-electron chi connectivity index (χ0n) is 25.1. The van der Waals surface area contributed by atoms with Crippen molar-refractivity contribution in [3.63, 3.8) is 0 Å². The standard InChI is InChI=1S/C21H27NO2.C4H4O4/c1-4-20(23)24-21(17(2)16-22-3,19-13-9-6-10-14-19)15-18-11-7-5-8-12-18;5-3(6)1-2-4(7)8/h5-14,17,22H,4,15-16H2,1-3H3;1-2H,(H,5,6)(H,7,8)/b;2-1-/i5D,7D,8D,11D,12D,15D2;. The molecule has 0 saturated heterocycles. The van der Waals surface area contributed by atoms with Crippen LogP contribution in [0.3, 0.4) is 0 Å². The summed E-state index contributed by atoms with van der Waals surface area (Å²) < 4.78 is 64.6. The van der Waals surface area contributed by atoms with E-state index in [4.69, 9.17) is 24.5 Å². The molecule has 0 heterocycles. The highest BCUT2D eigenvalue weighted by molar-refractivity contribution is 5.89. The lowest BCUT2D eigenvalue weighted by Crippen LogP contribution is -2.44. The van der Waals surface area contributed by atoms with E-state index in [2.05, 4.69) is 5.32 Å². The van der Waals surface area contributed by atoms with Crippen molar-refractivity contribution in [2.45, 2.75) is 32.2 Å². The van der Waals surface area contributed by atoms with Crippen LogP contribution in [0.4, 0.5) is 0 Å². The van der Waals surface area contributed by atoms with Crippen LogP contribution in [0.25, 0.3) is 0 Å². The van der Waals surface area contributed by atoms with Gasteiger partial charge in [0.1, 0.15) is 5.60 Å². The Labute approximate surface area is 198 Å². The van der Waals surface area contributed by atoms with Crippen molar-refractivity contribution < 1.29 is 38.9 Å².